The van der Waals surface area contributed by atoms with Gasteiger partial charge in [0.1, 0.15) is 5.75 Å². The van der Waals surface area contributed by atoms with E-state index in [0.29, 0.717) is 6.04 Å². The van der Waals surface area contributed by atoms with Gasteiger partial charge in [-0.2, -0.15) is 0 Å². The van der Waals surface area contributed by atoms with Gasteiger partial charge < -0.3 is 14.2 Å². The Kier molecular flexibility index (Phi) is 5.50. The van der Waals surface area contributed by atoms with Gasteiger partial charge in [0, 0.05) is 12.6 Å². The molecule has 3 aromatic rings. The highest BCUT2D eigenvalue weighted by Crippen LogP contribution is 2.44. The number of halogens is 1. The Morgan fingerprint density at radius 1 is 0.793 bits per heavy atom. The highest BCUT2D eigenvalue weighted by Gasteiger charge is 2.31. The van der Waals surface area contributed by atoms with E-state index >= 15 is 0 Å². The fourth-order valence-corrected chi connectivity index (χ4v) is 5.16. The van der Waals surface area contributed by atoms with Gasteiger partial charge in [-0.25, -0.2) is 0 Å². The van der Waals surface area contributed by atoms with Gasteiger partial charge in [0.05, 0.1) is 21.3 Å². The molecule has 1 fully saturated rings. The van der Waals surface area contributed by atoms with Crippen LogP contribution in [0.1, 0.15) is 30.4 Å². The minimum atomic E-state index is 0. The van der Waals surface area contributed by atoms with Crippen LogP contribution >= 0.6 is 12.4 Å². The van der Waals surface area contributed by atoms with E-state index in [-0.39, 0.29) is 12.4 Å². The molecular weight excluding hydrogens is 386 g/mol. The van der Waals surface area contributed by atoms with Crippen LogP contribution < -0.4 is 14.2 Å². The molecule has 3 aromatic carbocycles. The van der Waals surface area contributed by atoms with E-state index in [0.717, 1.165) is 30.2 Å². The van der Waals surface area contributed by atoms with Crippen molar-refractivity contribution in [3.05, 3.63) is 41.5 Å². The maximum Gasteiger partial charge on any atom is 0.161 e. The van der Waals surface area contributed by atoms with Crippen molar-refractivity contribution in [2.75, 3.05) is 27.9 Å². The molecule has 2 aliphatic heterocycles. The van der Waals surface area contributed by atoms with Crippen molar-refractivity contribution >= 4 is 34.0 Å². The molecule has 0 aromatic heterocycles. The van der Waals surface area contributed by atoms with Gasteiger partial charge in [0.15, 0.2) is 11.5 Å². The molecule has 1 saturated heterocycles. The molecule has 29 heavy (non-hydrogen) atoms. The lowest BCUT2D eigenvalue weighted by Crippen LogP contribution is -2.43. The average molecular weight is 414 g/mol. The molecule has 5 heteroatoms. The predicted octanol–water partition coefficient (Wildman–Crippen LogP) is 5.35. The number of rotatable bonds is 3. The molecule has 0 bridgehead atoms. The molecule has 0 spiro atoms. The first kappa shape index (κ1) is 20.1. The zero-order valence-corrected chi connectivity index (χ0v) is 18.1. The number of piperidine rings is 1. The van der Waals surface area contributed by atoms with Crippen LogP contribution in [-0.4, -0.2) is 38.8 Å². The van der Waals surface area contributed by atoms with E-state index in [1.807, 2.05) is 0 Å². The standard InChI is InChI=1S/C24H27NO3.ClH/c1-26-16-7-8-17-18-10-15-6-4-5-9-25(15)14-22(18)21-13-24(28-3)23(27-2)12-20(21)19(17)11-16;/h7-8,11-13,15H,4-6,9-10,14H2,1-3H3;1H/t15-;/m1./s1. The minimum absolute atomic E-state index is 0. The second-order valence-corrected chi connectivity index (χ2v) is 7.95. The normalized spacial score (nSPS) is 18.7. The number of hydrogen-bond donors (Lipinski definition) is 0. The van der Waals surface area contributed by atoms with Gasteiger partial charge in [-0.15, -0.1) is 12.4 Å². The summed E-state index contributed by atoms with van der Waals surface area (Å²) in [6.45, 7) is 2.23. The van der Waals surface area contributed by atoms with E-state index in [1.54, 1.807) is 21.3 Å². The van der Waals surface area contributed by atoms with Crippen LogP contribution in [0, 0.1) is 0 Å². The van der Waals surface area contributed by atoms with Crippen LogP contribution in [-0.2, 0) is 13.0 Å². The molecule has 0 amide bonds. The van der Waals surface area contributed by atoms with Crippen molar-refractivity contribution in [1.29, 1.82) is 0 Å². The van der Waals surface area contributed by atoms with Crippen LogP contribution in [0.3, 0.4) is 0 Å². The monoisotopic (exact) mass is 413 g/mol. The van der Waals surface area contributed by atoms with E-state index in [9.17, 15) is 0 Å². The predicted molar refractivity (Wildman–Crippen MR) is 120 cm³/mol. The summed E-state index contributed by atoms with van der Waals surface area (Å²) in [4.78, 5) is 2.68. The fraction of sp³-hybridized carbons (Fsp3) is 0.417. The highest BCUT2D eigenvalue weighted by molar-refractivity contribution is 6.12. The lowest BCUT2D eigenvalue weighted by molar-refractivity contribution is 0.128. The van der Waals surface area contributed by atoms with Crippen molar-refractivity contribution in [3.63, 3.8) is 0 Å². The maximum atomic E-state index is 5.64. The Bertz CT molecular complexity index is 1070. The summed E-state index contributed by atoms with van der Waals surface area (Å²) in [6, 6.07) is 11.4. The Labute approximate surface area is 178 Å². The van der Waals surface area contributed by atoms with E-state index in [1.165, 1.54) is 58.5 Å². The first-order chi connectivity index (χ1) is 13.7. The van der Waals surface area contributed by atoms with Crippen molar-refractivity contribution < 1.29 is 14.2 Å². The molecule has 0 saturated carbocycles. The van der Waals surface area contributed by atoms with Crippen molar-refractivity contribution in [1.82, 2.24) is 4.90 Å². The van der Waals surface area contributed by atoms with E-state index in [2.05, 4.69) is 35.2 Å². The van der Waals surface area contributed by atoms with Gasteiger partial charge >= 0.3 is 0 Å². The number of methoxy groups -OCH3 is 3. The summed E-state index contributed by atoms with van der Waals surface area (Å²) in [6.07, 6.45) is 5.09. The van der Waals surface area contributed by atoms with Gasteiger partial charge in [0.25, 0.3) is 0 Å². The summed E-state index contributed by atoms with van der Waals surface area (Å²) >= 11 is 0. The van der Waals surface area contributed by atoms with Crippen molar-refractivity contribution in [2.24, 2.45) is 0 Å². The number of nitrogens with zero attached hydrogens (tertiary/aromatic N) is 1. The summed E-state index contributed by atoms with van der Waals surface area (Å²) in [5.74, 6) is 2.45. The van der Waals surface area contributed by atoms with Gasteiger partial charge in [-0.05, 0) is 82.7 Å². The first-order valence-corrected chi connectivity index (χ1v) is 10.1. The molecule has 0 aliphatic carbocycles. The fourth-order valence-electron chi connectivity index (χ4n) is 5.16. The molecular formula is C24H28ClNO3. The molecule has 0 radical (unpaired) electrons. The average Bonchev–Trinajstić information content (AvgIpc) is 2.76. The SMILES string of the molecule is COc1ccc2c3c(c4cc(OC)c(OC)cc4c2c1)CN1CCCC[C@@H]1C3.Cl. The van der Waals surface area contributed by atoms with Gasteiger partial charge in [-0.1, -0.05) is 12.5 Å². The highest BCUT2D eigenvalue weighted by atomic mass is 35.5. The van der Waals surface area contributed by atoms with Crippen molar-refractivity contribution in [2.45, 2.75) is 38.3 Å². The third-order valence-corrected chi connectivity index (χ3v) is 6.61. The first-order valence-electron chi connectivity index (χ1n) is 10.1. The summed E-state index contributed by atoms with van der Waals surface area (Å²) in [5, 5.41) is 5.07. The molecule has 1 atom stereocenters. The van der Waals surface area contributed by atoms with Crippen LogP contribution in [0.15, 0.2) is 30.3 Å². The van der Waals surface area contributed by atoms with Crippen LogP contribution in [0.4, 0.5) is 0 Å². The quantitative estimate of drug-likeness (QED) is 0.541. The molecule has 0 unspecified atom stereocenters. The van der Waals surface area contributed by atoms with Crippen LogP contribution in [0.5, 0.6) is 17.2 Å². The lowest BCUT2D eigenvalue weighted by atomic mass is 9.82. The molecule has 154 valence electrons. The third-order valence-electron chi connectivity index (χ3n) is 6.61. The Hall–Kier alpha value is -2.17. The minimum Gasteiger partial charge on any atom is -0.497 e. The van der Waals surface area contributed by atoms with Crippen LogP contribution in [0.2, 0.25) is 0 Å². The number of fused-ring (bicyclic) bond motifs is 7. The molecule has 0 N–H and O–H groups in total. The smallest absolute Gasteiger partial charge is 0.161 e. The second-order valence-electron chi connectivity index (χ2n) is 7.95. The molecule has 4 nitrogen and oxygen atoms in total. The van der Waals surface area contributed by atoms with Crippen LogP contribution in [0.25, 0.3) is 21.5 Å². The third kappa shape index (κ3) is 3.19. The second kappa shape index (κ2) is 7.92. The van der Waals surface area contributed by atoms with Crippen molar-refractivity contribution in [3.8, 4) is 17.2 Å². The molecule has 5 rings (SSSR count). The lowest BCUT2D eigenvalue weighted by Gasteiger charge is -2.41. The number of ether oxygens (including phenoxy) is 3. The molecule has 2 heterocycles. The zero-order chi connectivity index (χ0) is 19.3. The van der Waals surface area contributed by atoms with E-state index in [4.69, 9.17) is 14.2 Å². The summed E-state index contributed by atoms with van der Waals surface area (Å²) < 4.78 is 16.8. The Balaban J connectivity index is 0.00000205. The Morgan fingerprint density at radius 2 is 1.52 bits per heavy atom. The van der Waals surface area contributed by atoms with Gasteiger partial charge in [-0.3, -0.25) is 4.90 Å². The maximum absolute atomic E-state index is 5.64. The summed E-state index contributed by atoms with van der Waals surface area (Å²) in [7, 11) is 5.13. The Morgan fingerprint density at radius 3 is 2.24 bits per heavy atom. The number of hydrogen-bond acceptors (Lipinski definition) is 4. The molecule has 2 aliphatic rings. The largest absolute Gasteiger partial charge is 0.497 e. The number of benzene rings is 3. The summed E-state index contributed by atoms with van der Waals surface area (Å²) in [5.41, 5.74) is 2.95. The van der Waals surface area contributed by atoms with Gasteiger partial charge in [0.2, 0.25) is 0 Å². The topological polar surface area (TPSA) is 30.9 Å². The van der Waals surface area contributed by atoms with E-state index < -0.39 is 0 Å². The zero-order valence-electron chi connectivity index (χ0n) is 17.3.